The fourth-order valence-electron chi connectivity index (χ4n) is 5.47. The monoisotopic (exact) mass is 684 g/mol. The second kappa shape index (κ2) is 13.5. The van der Waals surface area contributed by atoms with Gasteiger partial charge >= 0.3 is 18.0 Å². The molecule has 50 heavy (non-hydrogen) atoms. The molecule has 2 heterocycles. The molecular weight excluding hydrogens is 652 g/mol. The third-order valence-corrected chi connectivity index (χ3v) is 8.03. The first kappa shape index (κ1) is 33.4. The van der Waals surface area contributed by atoms with Gasteiger partial charge in [-0.2, -0.15) is 5.01 Å². The van der Waals surface area contributed by atoms with Crippen LogP contribution in [0.2, 0.25) is 0 Å². The van der Waals surface area contributed by atoms with Crippen molar-refractivity contribution in [1.29, 1.82) is 0 Å². The first-order chi connectivity index (χ1) is 23.9. The van der Waals surface area contributed by atoms with Crippen LogP contribution < -0.4 is 36.6 Å². The molecular formula is C34H32N6O10. The molecule has 2 aliphatic rings. The van der Waals surface area contributed by atoms with E-state index in [2.05, 4.69) is 16.4 Å². The molecule has 2 aliphatic heterocycles. The van der Waals surface area contributed by atoms with E-state index in [4.69, 9.17) is 24.7 Å². The predicted molar refractivity (Wildman–Crippen MR) is 178 cm³/mol. The molecule has 4 aromatic carbocycles. The summed E-state index contributed by atoms with van der Waals surface area (Å²) in [5.41, 5.74) is 14.6. The lowest BCUT2D eigenvalue weighted by atomic mass is 9.92. The summed E-state index contributed by atoms with van der Waals surface area (Å²) in [6.45, 7) is 2.39. The van der Waals surface area contributed by atoms with E-state index in [1.807, 2.05) is 0 Å². The summed E-state index contributed by atoms with van der Waals surface area (Å²) in [6, 6.07) is 18.9. The minimum atomic E-state index is -1.35. The maximum absolute atomic E-state index is 13.8. The van der Waals surface area contributed by atoms with Crippen molar-refractivity contribution >= 4 is 57.7 Å². The van der Waals surface area contributed by atoms with Gasteiger partial charge in [-0.15, -0.1) is 5.53 Å². The number of benzene rings is 4. The number of primary amides is 1. The summed E-state index contributed by atoms with van der Waals surface area (Å²) in [6.07, 6.45) is -1.12. The number of phenols is 1. The zero-order valence-corrected chi connectivity index (χ0v) is 26.8. The number of carbonyl (C=O) groups is 5. The van der Waals surface area contributed by atoms with Gasteiger partial charge in [-0.3, -0.25) is 19.4 Å². The van der Waals surface area contributed by atoms with Crippen LogP contribution in [0.3, 0.4) is 0 Å². The first-order valence-corrected chi connectivity index (χ1v) is 15.3. The highest BCUT2D eigenvalue weighted by Crippen LogP contribution is 2.39. The van der Waals surface area contributed by atoms with Gasteiger partial charge in [0, 0.05) is 17.7 Å². The number of hydrogen-bond acceptors (Lipinski definition) is 14. The van der Waals surface area contributed by atoms with Crippen molar-refractivity contribution in [2.24, 2.45) is 11.1 Å². The number of nitrogens with one attached hydrogen (secondary N) is 3. The molecule has 258 valence electrons. The fraction of sp³-hybridized carbons (Fsp3) is 0.206. The van der Waals surface area contributed by atoms with Crippen LogP contribution >= 0.6 is 0 Å². The van der Waals surface area contributed by atoms with E-state index in [9.17, 15) is 29.1 Å². The number of rotatable bonds is 10. The average molecular weight is 685 g/mol. The van der Waals surface area contributed by atoms with Crippen molar-refractivity contribution in [2.75, 3.05) is 42.2 Å². The van der Waals surface area contributed by atoms with Crippen molar-refractivity contribution < 1.29 is 48.0 Å². The number of hydrogen-bond donors (Lipinski definition) is 5. The van der Waals surface area contributed by atoms with Crippen LogP contribution in [-0.4, -0.2) is 66.3 Å². The molecule has 4 aromatic rings. The topological polar surface area (TPSA) is 211 Å². The Morgan fingerprint density at radius 3 is 2.36 bits per heavy atom. The molecule has 16 nitrogen and oxygen atoms in total. The van der Waals surface area contributed by atoms with E-state index in [0.717, 1.165) is 16.8 Å². The Balaban J connectivity index is 1.17. The number of nitrogens with zero attached hydrogens (tertiary/aromatic N) is 2. The van der Waals surface area contributed by atoms with Crippen LogP contribution in [0.5, 0.6) is 17.2 Å². The van der Waals surface area contributed by atoms with Gasteiger partial charge in [-0.05, 0) is 55.5 Å². The fourth-order valence-corrected chi connectivity index (χ4v) is 5.47. The first-order valence-electron chi connectivity index (χ1n) is 15.3. The summed E-state index contributed by atoms with van der Waals surface area (Å²) in [5, 5.41) is 13.2. The number of nitrogens with two attached hydrogens (primary N) is 1. The van der Waals surface area contributed by atoms with E-state index in [0.29, 0.717) is 22.7 Å². The summed E-state index contributed by atoms with van der Waals surface area (Å²) >= 11 is 0. The highest BCUT2D eigenvalue weighted by molar-refractivity contribution is 6.07. The van der Waals surface area contributed by atoms with Crippen LogP contribution in [0.1, 0.15) is 34.6 Å². The van der Waals surface area contributed by atoms with Gasteiger partial charge < -0.3 is 40.6 Å². The Bertz CT molecular complexity index is 2020. The van der Waals surface area contributed by atoms with Crippen LogP contribution in [-0.2, 0) is 19.1 Å². The molecule has 6 rings (SSSR count). The summed E-state index contributed by atoms with van der Waals surface area (Å²) in [4.78, 5) is 63.7. The van der Waals surface area contributed by atoms with Gasteiger partial charge in [-0.25, -0.2) is 9.59 Å². The van der Waals surface area contributed by atoms with Gasteiger partial charge in [0.2, 0.25) is 0 Å². The molecule has 3 amide bonds. The Hall–Kier alpha value is -6.55. The summed E-state index contributed by atoms with van der Waals surface area (Å²) < 4.78 is 21.9. The Labute approximate surface area is 284 Å². The Morgan fingerprint density at radius 1 is 0.920 bits per heavy atom. The predicted octanol–water partition coefficient (Wildman–Crippen LogP) is 3.47. The van der Waals surface area contributed by atoms with Gasteiger partial charge in [0.05, 0.1) is 34.7 Å². The van der Waals surface area contributed by atoms with E-state index >= 15 is 0 Å². The zero-order chi connectivity index (χ0) is 35.6. The second-order valence-corrected chi connectivity index (χ2v) is 11.7. The minimum absolute atomic E-state index is 0.0280. The molecule has 0 saturated carbocycles. The number of anilines is 3. The highest BCUT2D eigenvalue weighted by Gasteiger charge is 2.52. The van der Waals surface area contributed by atoms with E-state index in [-0.39, 0.29) is 54.2 Å². The van der Waals surface area contributed by atoms with Crippen LogP contribution in [0, 0.1) is 5.41 Å². The quantitative estimate of drug-likeness (QED) is 0.120. The molecule has 1 saturated heterocycles. The van der Waals surface area contributed by atoms with E-state index < -0.39 is 35.3 Å². The van der Waals surface area contributed by atoms with Crippen LogP contribution in [0.15, 0.2) is 72.8 Å². The van der Waals surface area contributed by atoms with Gasteiger partial charge in [0.15, 0.2) is 0 Å². The molecule has 1 fully saturated rings. The van der Waals surface area contributed by atoms with Crippen LogP contribution in [0.25, 0.3) is 10.8 Å². The summed E-state index contributed by atoms with van der Waals surface area (Å²) in [7, 11) is 0. The molecule has 0 spiro atoms. The number of imide groups is 1. The molecule has 16 heteroatoms. The Kier molecular flexibility index (Phi) is 9.02. The lowest BCUT2D eigenvalue weighted by Gasteiger charge is -2.27. The highest BCUT2D eigenvalue weighted by atomic mass is 16.6. The second-order valence-electron chi connectivity index (χ2n) is 11.7. The van der Waals surface area contributed by atoms with E-state index in [1.54, 1.807) is 67.6 Å². The number of carbonyl (C=O) groups excluding carboxylic acids is 5. The minimum Gasteiger partial charge on any atom is -0.506 e. The standard InChI is InChI=1S/C34H32N6O10/c1-19(41)49-18-34(2)17-39(40(32(34)45)33(46)50-28-16-25(30(35)43)29(42)24-6-4-3-5-23(24)28)21-8-10-22(11-9-21)47-13-14-48-31(44)20-7-12-26-27(15-20)37-38-36-26/h3-12,15-16,36-38,42H,13-14,17-18H2,1-2H3,(H2,35,43). The molecule has 1 atom stereocenters. The maximum atomic E-state index is 13.8. The number of esters is 2. The molecule has 6 N–H and O–H groups in total. The van der Waals surface area contributed by atoms with Crippen molar-refractivity contribution in [1.82, 2.24) is 10.5 Å². The third-order valence-electron chi connectivity index (χ3n) is 8.03. The molecule has 0 aliphatic carbocycles. The summed E-state index contributed by atoms with van der Waals surface area (Å²) in [5.74, 6) is -2.87. The molecule has 0 bridgehead atoms. The largest absolute Gasteiger partial charge is 0.506 e. The zero-order valence-electron chi connectivity index (χ0n) is 26.8. The number of fused-ring (bicyclic) bond motifs is 2. The third kappa shape index (κ3) is 6.59. The van der Waals surface area contributed by atoms with Crippen molar-refractivity contribution in [3.8, 4) is 17.2 Å². The lowest BCUT2D eigenvalue weighted by Crippen LogP contribution is -2.46. The smallest absolute Gasteiger partial charge is 0.441 e. The van der Waals surface area contributed by atoms with Gasteiger partial charge in [0.1, 0.15) is 42.5 Å². The maximum Gasteiger partial charge on any atom is 0.441 e. The average Bonchev–Trinajstić information content (AvgIpc) is 3.68. The number of ether oxygens (including phenoxy) is 4. The van der Waals surface area contributed by atoms with Gasteiger partial charge in [-0.1, -0.05) is 24.3 Å². The van der Waals surface area contributed by atoms with Crippen molar-refractivity contribution in [2.45, 2.75) is 13.8 Å². The molecule has 0 aromatic heterocycles. The van der Waals surface area contributed by atoms with Crippen molar-refractivity contribution in [3.63, 3.8) is 0 Å². The Morgan fingerprint density at radius 2 is 1.64 bits per heavy atom. The SMILES string of the molecule is CC(=O)OCC1(C)CN(c2ccc(OCCOC(=O)c3ccc4c(c3)NNN4)cc2)N(C(=O)Oc2cc(C(N)=O)c(O)c3ccccc23)C1=O. The number of hydrazine groups is 3. The molecule has 1 unspecified atom stereocenters. The van der Waals surface area contributed by atoms with Gasteiger partial charge in [0.25, 0.3) is 11.8 Å². The van der Waals surface area contributed by atoms with Crippen molar-refractivity contribution in [3.05, 3.63) is 83.9 Å². The normalized spacial score (nSPS) is 16.3. The van der Waals surface area contributed by atoms with E-state index in [1.165, 1.54) is 18.0 Å². The lowest BCUT2D eigenvalue weighted by molar-refractivity contribution is -0.147. The molecule has 0 radical (unpaired) electrons. The van der Waals surface area contributed by atoms with Crippen LogP contribution in [0.4, 0.5) is 21.9 Å². The number of aromatic hydroxyl groups is 1. The number of amides is 3.